The smallest absolute Gasteiger partial charge is 0.0886 e. The van der Waals surface area contributed by atoms with Crippen LogP contribution in [0.4, 0.5) is 0 Å². The summed E-state index contributed by atoms with van der Waals surface area (Å²) in [5.74, 6) is 0.516. The first kappa shape index (κ1) is 10.7. The molecular formula is C11H15BrO. The Morgan fingerprint density at radius 2 is 1.92 bits per heavy atom. The van der Waals surface area contributed by atoms with E-state index in [9.17, 15) is 5.11 Å². The highest BCUT2D eigenvalue weighted by atomic mass is 79.9. The van der Waals surface area contributed by atoms with E-state index in [-0.39, 0.29) is 0 Å². The minimum Gasteiger partial charge on any atom is -0.388 e. The molecular weight excluding hydrogens is 228 g/mol. The first-order valence-corrected chi connectivity index (χ1v) is 5.61. The summed E-state index contributed by atoms with van der Waals surface area (Å²) in [6, 6.07) is 8.11. The van der Waals surface area contributed by atoms with E-state index in [1.54, 1.807) is 0 Å². The Morgan fingerprint density at radius 3 is 2.46 bits per heavy atom. The Balaban J connectivity index is 2.91. The molecule has 1 N–H and O–H groups in total. The lowest BCUT2D eigenvalue weighted by Crippen LogP contribution is -1.99. The molecule has 0 bridgehead atoms. The van der Waals surface area contributed by atoms with Gasteiger partial charge in [-0.25, -0.2) is 0 Å². The Bertz CT molecular complexity index is 271. The lowest BCUT2D eigenvalue weighted by atomic mass is 9.99. The number of hydrogen-bond donors (Lipinski definition) is 1. The highest BCUT2D eigenvalue weighted by Crippen LogP contribution is 2.20. The van der Waals surface area contributed by atoms with Crippen LogP contribution in [0.15, 0.2) is 24.3 Å². The van der Waals surface area contributed by atoms with Crippen LogP contribution in [0, 0.1) is 0 Å². The summed E-state index contributed by atoms with van der Waals surface area (Å²) in [5, 5.41) is 10.2. The van der Waals surface area contributed by atoms with Gasteiger partial charge in [-0.15, -0.1) is 0 Å². The molecule has 0 fully saturated rings. The van der Waals surface area contributed by atoms with Gasteiger partial charge >= 0.3 is 0 Å². The number of alkyl halides is 1. The molecule has 0 amide bonds. The first-order valence-electron chi connectivity index (χ1n) is 4.49. The molecule has 1 nitrogen and oxygen atoms in total. The summed E-state index contributed by atoms with van der Waals surface area (Å²) in [7, 11) is 0. The fourth-order valence-corrected chi connectivity index (χ4v) is 1.59. The van der Waals surface area contributed by atoms with Crippen molar-refractivity contribution in [1.82, 2.24) is 0 Å². The van der Waals surface area contributed by atoms with Gasteiger partial charge in [-0.05, 0) is 17.0 Å². The third-order valence-corrected chi connectivity index (χ3v) is 2.72. The summed E-state index contributed by atoms with van der Waals surface area (Å²) in [6.45, 7) is 4.30. The highest BCUT2D eigenvalue weighted by Gasteiger charge is 2.06. The zero-order chi connectivity index (χ0) is 9.84. The summed E-state index contributed by atoms with van der Waals surface area (Å²) in [4.78, 5) is 0. The molecule has 0 heterocycles. The van der Waals surface area contributed by atoms with Gasteiger partial charge in [-0.3, -0.25) is 0 Å². The van der Waals surface area contributed by atoms with Crippen molar-refractivity contribution in [2.75, 3.05) is 5.33 Å². The lowest BCUT2D eigenvalue weighted by molar-refractivity contribution is 0.205. The molecule has 1 rings (SSSR count). The molecule has 0 spiro atoms. The van der Waals surface area contributed by atoms with Crippen molar-refractivity contribution >= 4 is 15.9 Å². The molecule has 0 aromatic heterocycles. The molecule has 0 aliphatic rings. The second kappa shape index (κ2) is 4.77. The quantitative estimate of drug-likeness (QED) is 0.808. The van der Waals surface area contributed by atoms with E-state index in [0.717, 1.165) is 5.56 Å². The predicted octanol–water partition coefficient (Wildman–Crippen LogP) is 3.24. The topological polar surface area (TPSA) is 20.2 Å². The maximum atomic E-state index is 9.59. The van der Waals surface area contributed by atoms with Crippen LogP contribution in [-0.2, 0) is 0 Å². The van der Waals surface area contributed by atoms with E-state index < -0.39 is 6.10 Å². The van der Waals surface area contributed by atoms with Crippen LogP contribution in [-0.4, -0.2) is 10.4 Å². The molecule has 1 atom stereocenters. The van der Waals surface area contributed by atoms with Crippen LogP contribution in [0.25, 0.3) is 0 Å². The highest BCUT2D eigenvalue weighted by molar-refractivity contribution is 9.09. The zero-order valence-corrected chi connectivity index (χ0v) is 9.58. The zero-order valence-electron chi connectivity index (χ0n) is 8.00. The maximum absolute atomic E-state index is 9.59. The van der Waals surface area contributed by atoms with Gasteiger partial charge in [0.1, 0.15) is 0 Å². The minimum atomic E-state index is -0.390. The summed E-state index contributed by atoms with van der Waals surface area (Å²) < 4.78 is 0. The lowest BCUT2D eigenvalue weighted by Gasteiger charge is -2.11. The molecule has 13 heavy (non-hydrogen) atoms. The number of rotatable bonds is 3. The van der Waals surface area contributed by atoms with E-state index >= 15 is 0 Å². The van der Waals surface area contributed by atoms with Crippen LogP contribution in [0.5, 0.6) is 0 Å². The SMILES string of the molecule is CC(C)c1cccc(C(O)CBr)c1. The van der Waals surface area contributed by atoms with Crippen molar-refractivity contribution in [1.29, 1.82) is 0 Å². The standard InChI is InChI=1S/C11H15BrO/c1-8(2)9-4-3-5-10(6-9)11(13)7-12/h3-6,8,11,13H,7H2,1-2H3. The van der Waals surface area contributed by atoms with Crippen LogP contribution in [0.1, 0.15) is 37.0 Å². The largest absolute Gasteiger partial charge is 0.388 e. The summed E-state index contributed by atoms with van der Waals surface area (Å²) >= 11 is 3.26. The van der Waals surface area contributed by atoms with E-state index in [0.29, 0.717) is 11.2 Å². The number of halogens is 1. The summed E-state index contributed by atoms with van der Waals surface area (Å²) in [6.07, 6.45) is -0.390. The average Bonchev–Trinajstić information content (AvgIpc) is 2.17. The van der Waals surface area contributed by atoms with Crippen LogP contribution < -0.4 is 0 Å². The Kier molecular flexibility index (Phi) is 3.94. The van der Waals surface area contributed by atoms with Gasteiger partial charge in [0, 0.05) is 5.33 Å². The molecule has 2 heteroatoms. The molecule has 0 aliphatic carbocycles. The monoisotopic (exact) mass is 242 g/mol. The van der Waals surface area contributed by atoms with E-state index in [4.69, 9.17) is 0 Å². The van der Waals surface area contributed by atoms with Crippen LogP contribution >= 0.6 is 15.9 Å². The molecule has 1 aromatic rings. The number of hydrogen-bond acceptors (Lipinski definition) is 1. The number of aliphatic hydroxyl groups excluding tert-OH is 1. The molecule has 0 saturated heterocycles. The van der Waals surface area contributed by atoms with E-state index in [2.05, 4.69) is 41.9 Å². The predicted molar refractivity (Wildman–Crippen MR) is 59.3 cm³/mol. The van der Waals surface area contributed by atoms with Crippen molar-refractivity contribution in [2.24, 2.45) is 0 Å². The Hall–Kier alpha value is -0.340. The normalized spacial score (nSPS) is 13.3. The van der Waals surface area contributed by atoms with Crippen molar-refractivity contribution in [3.63, 3.8) is 0 Å². The average molecular weight is 243 g/mol. The maximum Gasteiger partial charge on any atom is 0.0886 e. The van der Waals surface area contributed by atoms with Crippen molar-refractivity contribution in [2.45, 2.75) is 25.9 Å². The molecule has 1 aromatic carbocycles. The molecule has 0 saturated carbocycles. The molecule has 0 aliphatic heterocycles. The molecule has 0 radical (unpaired) electrons. The minimum absolute atomic E-state index is 0.390. The Morgan fingerprint density at radius 1 is 1.31 bits per heavy atom. The van der Waals surface area contributed by atoms with Gasteiger partial charge in [0.05, 0.1) is 6.10 Å². The molecule has 72 valence electrons. The van der Waals surface area contributed by atoms with Crippen molar-refractivity contribution < 1.29 is 5.11 Å². The van der Waals surface area contributed by atoms with Gasteiger partial charge in [0.2, 0.25) is 0 Å². The Labute approximate surface area is 87.9 Å². The summed E-state index contributed by atoms with van der Waals surface area (Å²) in [5.41, 5.74) is 2.26. The van der Waals surface area contributed by atoms with Crippen LogP contribution in [0.2, 0.25) is 0 Å². The van der Waals surface area contributed by atoms with Gasteiger partial charge in [0.25, 0.3) is 0 Å². The fraction of sp³-hybridized carbons (Fsp3) is 0.455. The van der Waals surface area contributed by atoms with Crippen molar-refractivity contribution in [3.8, 4) is 0 Å². The number of aliphatic hydroxyl groups is 1. The van der Waals surface area contributed by atoms with Gasteiger partial charge in [-0.1, -0.05) is 54.0 Å². The first-order chi connectivity index (χ1) is 6.15. The van der Waals surface area contributed by atoms with E-state index in [1.807, 2.05) is 12.1 Å². The number of benzene rings is 1. The van der Waals surface area contributed by atoms with Gasteiger partial charge < -0.3 is 5.11 Å². The van der Waals surface area contributed by atoms with Crippen molar-refractivity contribution in [3.05, 3.63) is 35.4 Å². The van der Waals surface area contributed by atoms with E-state index in [1.165, 1.54) is 5.56 Å². The third-order valence-electron chi connectivity index (χ3n) is 2.11. The second-order valence-corrected chi connectivity index (χ2v) is 4.14. The van der Waals surface area contributed by atoms with Gasteiger partial charge in [0.15, 0.2) is 0 Å². The third kappa shape index (κ3) is 2.82. The second-order valence-electron chi connectivity index (χ2n) is 3.49. The fourth-order valence-electron chi connectivity index (χ4n) is 1.21. The van der Waals surface area contributed by atoms with Gasteiger partial charge in [-0.2, -0.15) is 0 Å². The van der Waals surface area contributed by atoms with Crippen LogP contribution in [0.3, 0.4) is 0 Å². The molecule has 1 unspecified atom stereocenters.